The Kier molecular flexibility index (Phi) is 5.11. The minimum absolute atomic E-state index is 0.129. The molecule has 2 aromatic carbocycles. The summed E-state index contributed by atoms with van der Waals surface area (Å²) in [5.41, 5.74) is 5.24. The van der Waals surface area contributed by atoms with Crippen molar-refractivity contribution in [2.24, 2.45) is 0 Å². The smallest absolute Gasteiger partial charge is 0.261 e. The largest absolute Gasteiger partial charge is 0.345 e. The monoisotopic (exact) mass is 372 g/mol. The topological polar surface area (TPSA) is 62.0 Å². The molecule has 1 aliphatic rings. The molecule has 4 rings (SSSR count). The molecule has 0 bridgehead atoms. The van der Waals surface area contributed by atoms with Gasteiger partial charge in [-0.1, -0.05) is 48.5 Å². The Bertz CT molecular complexity index is 1050. The standard InChI is InChI=1S/C24H24N2O2/c1-16(19-12-11-17-7-5-6-10-20(17)15-19)25-23(27)21-13-14-22(26-24(21)28)18-8-3-2-4-9-18/h2-4,8-9,11-16H,5-7,10H2,1H3,(H,25,27)(H,26,28). The second-order valence-electron chi connectivity index (χ2n) is 7.41. The van der Waals surface area contributed by atoms with Crippen LogP contribution in [0.5, 0.6) is 0 Å². The summed E-state index contributed by atoms with van der Waals surface area (Å²) in [6.07, 6.45) is 4.71. The van der Waals surface area contributed by atoms with E-state index in [9.17, 15) is 9.59 Å². The molecule has 1 aliphatic carbocycles. The van der Waals surface area contributed by atoms with E-state index in [-0.39, 0.29) is 23.1 Å². The zero-order valence-corrected chi connectivity index (χ0v) is 16.0. The van der Waals surface area contributed by atoms with Crippen molar-refractivity contribution in [3.05, 3.63) is 93.3 Å². The lowest BCUT2D eigenvalue weighted by molar-refractivity contribution is 0.0938. The number of rotatable bonds is 4. The van der Waals surface area contributed by atoms with Crippen molar-refractivity contribution in [2.45, 2.75) is 38.6 Å². The Morgan fingerprint density at radius 1 is 0.964 bits per heavy atom. The van der Waals surface area contributed by atoms with E-state index in [2.05, 4.69) is 28.5 Å². The molecule has 0 radical (unpaired) electrons. The number of aryl methyl sites for hydroxylation is 2. The first-order valence-electron chi connectivity index (χ1n) is 9.83. The van der Waals surface area contributed by atoms with Crippen LogP contribution in [0.2, 0.25) is 0 Å². The van der Waals surface area contributed by atoms with E-state index in [0.29, 0.717) is 5.69 Å². The number of benzene rings is 2. The number of aromatic nitrogens is 1. The summed E-state index contributed by atoms with van der Waals surface area (Å²) < 4.78 is 0. The third-order valence-corrected chi connectivity index (χ3v) is 5.46. The van der Waals surface area contributed by atoms with Gasteiger partial charge in [-0.2, -0.15) is 0 Å². The molecule has 0 saturated carbocycles. The number of nitrogens with one attached hydrogen (secondary N) is 2. The van der Waals surface area contributed by atoms with Crippen molar-refractivity contribution in [3.8, 4) is 11.3 Å². The van der Waals surface area contributed by atoms with Gasteiger partial charge in [0.25, 0.3) is 11.5 Å². The molecule has 28 heavy (non-hydrogen) atoms. The van der Waals surface area contributed by atoms with Gasteiger partial charge in [0, 0.05) is 5.69 Å². The molecule has 2 N–H and O–H groups in total. The molecular formula is C24H24N2O2. The van der Waals surface area contributed by atoms with Crippen LogP contribution in [0.3, 0.4) is 0 Å². The summed E-state index contributed by atoms with van der Waals surface area (Å²) in [5.74, 6) is -0.355. The van der Waals surface area contributed by atoms with E-state index >= 15 is 0 Å². The van der Waals surface area contributed by atoms with Crippen molar-refractivity contribution < 1.29 is 4.79 Å². The number of hydrogen-bond donors (Lipinski definition) is 2. The highest BCUT2D eigenvalue weighted by atomic mass is 16.2. The van der Waals surface area contributed by atoms with Crippen LogP contribution in [0.15, 0.2) is 65.5 Å². The molecule has 0 aliphatic heterocycles. The van der Waals surface area contributed by atoms with Crippen LogP contribution in [-0.2, 0) is 12.8 Å². The molecule has 1 amide bonds. The van der Waals surface area contributed by atoms with Crippen molar-refractivity contribution in [3.63, 3.8) is 0 Å². The van der Waals surface area contributed by atoms with Gasteiger partial charge < -0.3 is 10.3 Å². The zero-order valence-electron chi connectivity index (χ0n) is 16.0. The first-order chi connectivity index (χ1) is 13.6. The van der Waals surface area contributed by atoms with Crippen molar-refractivity contribution in [2.75, 3.05) is 0 Å². The number of pyridine rings is 1. The van der Waals surface area contributed by atoms with E-state index < -0.39 is 0 Å². The van der Waals surface area contributed by atoms with Crippen LogP contribution < -0.4 is 10.9 Å². The van der Waals surface area contributed by atoms with Crippen LogP contribution >= 0.6 is 0 Å². The Hall–Kier alpha value is -3.14. The summed E-state index contributed by atoms with van der Waals surface area (Å²) in [5, 5.41) is 2.96. The molecule has 1 unspecified atom stereocenters. The predicted octanol–water partition coefficient (Wildman–Crippen LogP) is 4.41. The minimum Gasteiger partial charge on any atom is -0.345 e. The van der Waals surface area contributed by atoms with Gasteiger partial charge in [-0.15, -0.1) is 0 Å². The van der Waals surface area contributed by atoms with Crippen LogP contribution in [0.4, 0.5) is 0 Å². The van der Waals surface area contributed by atoms with Gasteiger partial charge in [0.05, 0.1) is 6.04 Å². The van der Waals surface area contributed by atoms with Gasteiger partial charge in [0.15, 0.2) is 0 Å². The fourth-order valence-corrected chi connectivity index (χ4v) is 3.82. The lowest BCUT2D eigenvalue weighted by Crippen LogP contribution is -2.31. The average Bonchev–Trinajstić information content (AvgIpc) is 2.73. The maximum Gasteiger partial charge on any atom is 0.261 e. The maximum atomic E-state index is 12.7. The van der Waals surface area contributed by atoms with Gasteiger partial charge >= 0.3 is 0 Å². The Morgan fingerprint density at radius 2 is 1.71 bits per heavy atom. The highest BCUT2D eigenvalue weighted by molar-refractivity contribution is 5.94. The predicted molar refractivity (Wildman–Crippen MR) is 111 cm³/mol. The normalized spacial score (nSPS) is 14.2. The van der Waals surface area contributed by atoms with Gasteiger partial charge in [-0.25, -0.2) is 0 Å². The Labute approximate surface area is 164 Å². The molecule has 3 aromatic rings. The first-order valence-corrected chi connectivity index (χ1v) is 9.83. The molecule has 1 heterocycles. The van der Waals surface area contributed by atoms with Crippen LogP contribution in [0.1, 0.15) is 52.9 Å². The lowest BCUT2D eigenvalue weighted by Gasteiger charge is -2.20. The summed E-state index contributed by atoms with van der Waals surface area (Å²) in [6.45, 7) is 1.95. The van der Waals surface area contributed by atoms with Crippen molar-refractivity contribution >= 4 is 5.91 Å². The number of aromatic amines is 1. The first kappa shape index (κ1) is 18.2. The number of hydrogen-bond acceptors (Lipinski definition) is 2. The van der Waals surface area contributed by atoms with Crippen molar-refractivity contribution in [1.82, 2.24) is 10.3 Å². The van der Waals surface area contributed by atoms with E-state index in [0.717, 1.165) is 24.0 Å². The molecule has 0 fully saturated rings. The summed E-state index contributed by atoms with van der Waals surface area (Å²) >= 11 is 0. The number of carbonyl (C=O) groups is 1. The average molecular weight is 372 g/mol. The Balaban J connectivity index is 1.51. The van der Waals surface area contributed by atoms with Gasteiger partial charge in [0.1, 0.15) is 5.56 Å². The fraction of sp³-hybridized carbons (Fsp3) is 0.250. The zero-order chi connectivity index (χ0) is 19.5. The van der Waals surface area contributed by atoms with E-state index in [1.54, 1.807) is 12.1 Å². The SMILES string of the molecule is CC(NC(=O)c1ccc(-c2ccccc2)[nH]c1=O)c1ccc2c(c1)CCCC2. The van der Waals surface area contributed by atoms with Gasteiger partial charge in [0.2, 0.25) is 0 Å². The van der Waals surface area contributed by atoms with Crippen molar-refractivity contribution in [1.29, 1.82) is 0 Å². The highest BCUT2D eigenvalue weighted by Crippen LogP contribution is 2.25. The number of amides is 1. The van der Waals surface area contributed by atoms with E-state index in [1.165, 1.54) is 24.0 Å². The lowest BCUT2D eigenvalue weighted by atomic mass is 9.89. The summed E-state index contributed by atoms with van der Waals surface area (Å²) in [4.78, 5) is 27.9. The second-order valence-corrected chi connectivity index (χ2v) is 7.41. The number of H-pyrrole nitrogens is 1. The molecule has 0 spiro atoms. The molecule has 0 saturated heterocycles. The number of carbonyl (C=O) groups excluding carboxylic acids is 1. The van der Waals surface area contributed by atoms with E-state index in [4.69, 9.17) is 0 Å². The maximum absolute atomic E-state index is 12.7. The Morgan fingerprint density at radius 3 is 2.46 bits per heavy atom. The summed E-state index contributed by atoms with van der Waals surface area (Å²) in [7, 11) is 0. The molecule has 1 aromatic heterocycles. The third-order valence-electron chi connectivity index (χ3n) is 5.46. The minimum atomic E-state index is -0.378. The molecular weight excluding hydrogens is 348 g/mol. The van der Waals surface area contributed by atoms with Gasteiger partial charge in [-0.3, -0.25) is 9.59 Å². The van der Waals surface area contributed by atoms with Crippen LogP contribution in [-0.4, -0.2) is 10.9 Å². The van der Waals surface area contributed by atoms with Crippen LogP contribution in [0, 0.1) is 0 Å². The van der Waals surface area contributed by atoms with Gasteiger partial charge in [-0.05, 0) is 67.0 Å². The third kappa shape index (κ3) is 3.77. The molecule has 1 atom stereocenters. The second kappa shape index (κ2) is 7.85. The number of fused-ring (bicyclic) bond motifs is 1. The quantitative estimate of drug-likeness (QED) is 0.712. The fourth-order valence-electron chi connectivity index (χ4n) is 3.82. The molecule has 4 nitrogen and oxygen atoms in total. The van der Waals surface area contributed by atoms with E-state index in [1.807, 2.05) is 37.3 Å². The molecule has 142 valence electrons. The highest BCUT2D eigenvalue weighted by Gasteiger charge is 2.17. The van der Waals surface area contributed by atoms with Crippen LogP contribution in [0.25, 0.3) is 11.3 Å². The summed E-state index contributed by atoms with van der Waals surface area (Å²) in [6, 6.07) is 19.2. The molecule has 4 heteroatoms.